The summed E-state index contributed by atoms with van der Waals surface area (Å²) in [6.07, 6.45) is 4.47. The summed E-state index contributed by atoms with van der Waals surface area (Å²) in [5, 5.41) is 2.55. The van der Waals surface area contributed by atoms with Crippen molar-refractivity contribution in [2.45, 2.75) is 6.92 Å². The van der Waals surface area contributed by atoms with Crippen molar-refractivity contribution in [1.82, 2.24) is 15.0 Å². The monoisotopic (exact) mass is 514 g/mol. The normalized spacial score (nSPS) is 10.8. The first-order valence-corrected chi connectivity index (χ1v) is 11.4. The number of nitrogens with one attached hydrogen (secondary N) is 2. The SMILES string of the molecule is COc1cnc2c(Oc3ccc(NC(=O)c4c(C)[nH]cc(-c5ccc(F)cc5)c4=O)cc3F)ccnc2c1. The van der Waals surface area contributed by atoms with E-state index in [2.05, 4.69) is 20.3 Å². The second-order valence-electron chi connectivity index (χ2n) is 8.29. The standard InChI is InChI=1S/C28H20F2N4O4/c1-15-25(27(35)20(14-32-15)16-3-5-17(29)6-4-16)28(36)34-18-7-8-23(21(30)11-18)38-24-9-10-31-22-12-19(37-2)13-33-26(22)24/h3-14H,1-2H3,(H,32,35)(H,34,36). The van der Waals surface area contributed by atoms with Gasteiger partial charge in [-0.25, -0.2) is 13.8 Å². The van der Waals surface area contributed by atoms with Gasteiger partial charge in [0.25, 0.3) is 5.91 Å². The Balaban J connectivity index is 1.39. The van der Waals surface area contributed by atoms with Crippen molar-refractivity contribution in [3.63, 3.8) is 0 Å². The minimum atomic E-state index is -0.744. The summed E-state index contributed by atoms with van der Waals surface area (Å²) in [6, 6.07) is 12.5. The second kappa shape index (κ2) is 10.1. The van der Waals surface area contributed by atoms with Crippen LogP contribution in [-0.2, 0) is 0 Å². The number of carbonyl (C=O) groups excluding carboxylic acids is 1. The molecule has 8 nitrogen and oxygen atoms in total. The minimum Gasteiger partial charge on any atom is -0.495 e. The number of aromatic nitrogens is 3. The third-order valence-corrected chi connectivity index (χ3v) is 5.82. The molecule has 2 aromatic carbocycles. The van der Waals surface area contributed by atoms with Gasteiger partial charge in [0, 0.05) is 47.5 Å². The van der Waals surface area contributed by atoms with E-state index in [0.717, 1.165) is 6.07 Å². The van der Waals surface area contributed by atoms with E-state index in [0.29, 0.717) is 28.0 Å². The van der Waals surface area contributed by atoms with Gasteiger partial charge in [0.05, 0.1) is 18.8 Å². The molecule has 5 aromatic rings. The molecular weight excluding hydrogens is 494 g/mol. The highest BCUT2D eigenvalue weighted by molar-refractivity contribution is 6.05. The highest BCUT2D eigenvalue weighted by Gasteiger charge is 2.19. The number of aryl methyl sites for hydroxylation is 1. The van der Waals surface area contributed by atoms with Crippen LogP contribution >= 0.6 is 0 Å². The number of fused-ring (bicyclic) bond motifs is 1. The molecule has 5 rings (SSSR count). The van der Waals surface area contributed by atoms with Crippen molar-refractivity contribution >= 4 is 22.6 Å². The number of nitrogens with zero attached hydrogens (tertiary/aromatic N) is 2. The Morgan fingerprint density at radius 2 is 1.79 bits per heavy atom. The smallest absolute Gasteiger partial charge is 0.261 e. The van der Waals surface area contributed by atoms with Crippen LogP contribution in [0.4, 0.5) is 14.5 Å². The summed E-state index contributed by atoms with van der Waals surface area (Å²) in [4.78, 5) is 37.5. The van der Waals surface area contributed by atoms with Gasteiger partial charge < -0.3 is 19.8 Å². The Hall–Kier alpha value is -5.12. The molecule has 2 N–H and O–H groups in total. The van der Waals surface area contributed by atoms with Gasteiger partial charge in [-0.05, 0) is 36.8 Å². The summed E-state index contributed by atoms with van der Waals surface area (Å²) in [5.41, 5.74) is 1.34. The van der Waals surface area contributed by atoms with Crippen LogP contribution in [0.15, 0.2) is 78.0 Å². The largest absolute Gasteiger partial charge is 0.495 e. The van der Waals surface area contributed by atoms with Crippen molar-refractivity contribution in [2.24, 2.45) is 0 Å². The van der Waals surface area contributed by atoms with Crippen LogP contribution < -0.4 is 20.2 Å². The third-order valence-electron chi connectivity index (χ3n) is 5.82. The number of aromatic amines is 1. The number of hydrogen-bond donors (Lipinski definition) is 2. The molecule has 0 aliphatic rings. The molecule has 0 aliphatic heterocycles. The van der Waals surface area contributed by atoms with Gasteiger partial charge in [-0.2, -0.15) is 0 Å². The van der Waals surface area contributed by atoms with E-state index in [1.807, 2.05) is 0 Å². The molecule has 0 fully saturated rings. The van der Waals surface area contributed by atoms with Crippen molar-refractivity contribution < 1.29 is 23.0 Å². The van der Waals surface area contributed by atoms with E-state index in [-0.39, 0.29) is 28.3 Å². The highest BCUT2D eigenvalue weighted by Crippen LogP contribution is 2.31. The topological polar surface area (TPSA) is 106 Å². The van der Waals surface area contributed by atoms with E-state index >= 15 is 0 Å². The molecule has 3 aromatic heterocycles. The lowest BCUT2D eigenvalue weighted by Crippen LogP contribution is -2.25. The van der Waals surface area contributed by atoms with Gasteiger partial charge in [-0.15, -0.1) is 0 Å². The van der Waals surface area contributed by atoms with Gasteiger partial charge >= 0.3 is 0 Å². The predicted octanol–water partition coefficient (Wildman–Crippen LogP) is 5.62. The quantitative estimate of drug-likeness (QED) is 0.305. The molecule has 38 heavy (non-hydrogen) atoms. The van der Waals surface area contributed by atoms with Crippen molar-refractivity contribution in [2.75, 3.05) is 12.4 Å². The lowest BCUT2D eigenvalue weighted by molar-refractivity contribution is 0.102. The van der Waals surface area contributed by atoms with Crippen LogP contribution in [0.1, 0.15) is 16.1 Å². The molecule has 0 saturated carbocycles. The van der Waals surface area contributed by atoms with Crippen molar-refractivity contribution in [3.05, 3.63) is 106 Å². The Bertz CT molecular complexity index is 1740. The number of rotatable bonds is 6. The second-order valence-corrected chi connectivity index (χ2v) is 8.29. The molecule has 0 unspecified atom stereocenters. The molecular formula is C28H20F2N4O4. The number of hydrogen-bond acceptors (Lipinski definition) is 6. The summed E-state index contributed by atoms with van der Waals surface area (Å²) in [5.74, 6) is -1.20. The van der Waals surface area contributed by atoms with E-state index in [4.69, 9.17) is 9.47 Å². The van der Waals surface area contributed by atoms with Gasteiger partial charge in [-0.3, -0.25) is 14.6 Å². The highest BCUT2D eigenvalue weighted by atomic mass is 19.1. The first-order chi connectivity index (χ1) is 18.3. The number of methoxy groups -OCH3 is 1. The van der Waals surface area contributed by atoms with E-state index in [9.17, 15) is 18.4 Å². The number of halogens is 2. The number of benzene rings is 2. The average Bonchev–Trinajstić information content (AvgIpc) is 2.91. The lowest BCUT2D eigenvalue weighted by Gasteiger charge is -2.12. The van der Waals surface area contributed by atoms with Gasteiger partial charge in [-0.1, -0.05) is 12.1 Å². The fourth-order valence-corrected chi connectivity index (χ4v) is 3.89. The molecule has 10 heteroatoms. The zero-order valence-corrected chi connectivity index (χ0v) is 20.2. The first-order valence-electron chi connectivity index (χ1n) is 11.4. The Kier molecular flexibility index (Phi) is 6.53. The zero-order valence-electron chi connectivity index (χ0n) is 20.2. The van der Waals surface area contributed by atoms with Crippen LogP contribution in [0.2, 0.25) is 0 Å². The van der Waals surface area contributed by atoms with E-state index < -0.39 is 23.0 Å². The first kappa shape index (κ1) is 24.6. The van der Waals surface area contributed by atoms with Gasteiger partial charge in [0.1, 0.15) is 22.6 Å². The van der Waals surface area contributed by atoms with Crippen molar-refractivity contribution in [1.29, 1.82) is 0 Å². The Labute approximate surface area is 214 Å². The van der Waals surface area contributed by atoms with Gasteiger partial charge in [0.2, 0.25) is 5.43 Å². The van der Waals surface area contributed by atoms with E-state index in [1.54, 1.807) is 19.1 Å². The average molecular weight is 514 g/mol. The van der Waals surface area contributed by atoms with Crippen LogP contribution in [0.3, 0.4) is 0 Å². The van der Waals surface area contributed by atoms with E-state index in [1.165, 1.54) is 62.1 Å². The molecule has 0 spiro atoms. The Morgan fingerprint density at radius 1 is 1.00 bits per heavy atom. The molecule has 190 valence electrons. The molecule has 3 heterocycles. The Morgan fingerprint density at radius 3 is 2.53 bits per heavy atom. The molecule has 0 aliphatic carbocycles. The summed E-state index contributed by atoms with van der Waals surface area (Å²) in [7, 11) is 1.51. The van der Waals surface area contributed by atoms with Gasteiger partial charge in [0.15, 0.2) is 17.3 Å². The van der Waals surface area contributed by atoms with Crippen LogP contribution in [-0.4, -0.2) is 28.0 Å². The fraction of sp³-hybridized carbons (Fsp3) is 0.0714. The number of ether oxygens (including phenoxy) is 2. The van der Waals surface area contributed by atoms with Crippen molar-refractivity contribution in [3.8, 4) is 28.4 Å². The fourth-order valence-electron chi connectivity index (χ4n) is 3.89. The number of carbonyl (C=O) groups is 1. The summed E-state index contributed by atoms with van der Waals surface area (Å²) >= 11 is 0. The number of H-pyrrole nitrogens is 1. The number of pyridine rings is 3. The summed E-state index contributed by atoms with van der Waals surface area (Å²) < 4.78 is 39.1. The predicted molar refractivity (Wildman–Crippen MR) is 138 cm³/mol. The maximum absolute atomic E-state index is 15.0. The molecule has 1 amide bonds. The number of anilines is 1. The van der Waals surface area contributed by atoms with Crippen LogP contribution in [0.25, 0.3) is 22.2 Å². The molecule has 0 bridgehead atoms. The maximum atomic E-state index is 15.0. The van der Waals surface area contributed by atoms with Crippen LogP contribution in [0.5, 0.6) is 17.2 Å². The summed E-state index contributed by atoms with van der Waals surface area (Å²) in [6.45, 7) is 1.57. The molecule has 0 saturated heterocycles. The number of amides is 1. The van der Waals surface area contributed by atoms with Crippen LogP contribution in [0, 0.1) is 18.6 Å². The zero-order chi connectivity index (χ0) is 26.8. The molecule has 0 radical (unpaired) electrons. The minimum absolute atomic E-state index is 0.0968. The molecule has 0 atom stereocenters. The maximum Gasteiger partial charge on any atom is 0.261 e. The lowest BCUT2D eigenvalue weighted by atomic mass is 10.0. The third kappa shape index (κ3) is 4.79.